The molecule has 1 rings (SSSR count). The van der Waals surface area contributed by atoms with E-state index < -0.39 is 41.3 Å². The van der Waals surface area contributed by atoms with Gasteiger partial charge in [0, 0.05) is 6.07 Å². The summed E-state index contributed by atoms with van der Waals surface area (Å²) in [4.78, 5) is 10.2. The molecular weight excluding hydrogens is 244 g/mol. The molecule has 0 saturated carbocycles. The molecule has 0 heterocycles. The van der Waals surface area contributed by atoms with Crippen molar-refractivity contribution >= 4 is 5.97 Å². The van der Waals surface area contributed by atoms with Gasteiger partial charge in [0.1, 0.15) is 5.82 Å². The predicted octanol–water partition coefficient (Wildman–Crippen LogP) is 2.24. The highest BCUT2D eigenvalue weighted by atomic mass is 19.3. The van der Waals surface area contributed by atoms with Gasteiger partial charge >= 0.3 is 11.9 Å². The van der Waals surface area contributed by atoms with Crippen molar-refractivity contribution in [2.45, 2.75) is 12.3 Å². The van der Waals surface area contributed by atoms with Gasteiger partial charge in [-0.15, -0.1) is 0 Å². The molecule has 17 heavy (non-hydrogen) atoms. The van der Waals surface area contributed by atoms with Gasteiger partial charge in [-0.1, -0.05) is 0 Å². The molecule has 0 radical (unpaired) electrons. The van der Waals surface area contributed by atoms with Crippen LogP contribution < -0.4 is 4.74 Å². The van der Waals surface area contributed by atoms with Gasteiger partial charge in [-0.2, -0.15) is 8.78 Å². The molecule has 94 valence electrons. The van der Waals surface area contributed by atoms with E-state index in [2.05, 4.69) is 4.74 Å². The lowest BCUT2D eigenvalue weighted by Gasteiger charge is -2.12. The minimum absolute atomic E-state index is 0.440. The first-order valence-electron chi connectivity index (χ1n) is 4.41. The Balaban J connectivity index is 3.08. The number of carboxylic acids is 1. The van der Waals surface area contributed by atoms with Crippen molar-refractivity contribution in [2.24, 2.45) is 0 Å². The van der Waals surface area contributed by atoms with Gasteiger partial charge < -0.3 is 9.84 Å². The number of aliphatic carboxylic acids is 1. The van der Waals surface area contributed by atoms with Crippen LogP contribution >= 0.6 is 0 Å². The molecule has 0 fully saturated rings. The maximum atomic E-state index is 13.2. The topological polar surface area (TPSA) is 46.5 Å². The van der Waals surface area contributed by atoms with Gasteiger partial charge in [-0.25, -0.2) is 13.6 Å². The molecule has 3 nitrogen and oxygen atoms in total. The van der Waals surface area contributed by atoms with E-state index in [9.17, 15) is 22.4 Å². The molecule has 0 bridgehead atoms. The maximum absolute atomic E-state index is 13.2. The van der Waals surface area contributed by atoms with Gasteiger partial charge in [-0.05, 0) is 11.6 Å². The normalized spacial score (nSPS) is 11.4. The quantitative estimate of drug-likeness (QED) is 0.836. The molecular formula is C10H8F4O3. The molecule has 1 aromatic rings. The molecule has 0 spiro atoms. The Kier molecular flexibility index (Phi) is 3.59. The van der Waals surface area contributed by atoms with Crippen LogP contribution in [0.4, 0.5) is 17.6 Å². The monoisotopic (exact) mass is 252 g/mol. The average molecular weight is 252 g/mol. The summed E-state index contributed by atoms with van der Waals surface area (Å²) in [6, 6.07) is 1.08. The molecule has 1 aromatic carbocycles. The SMILES string of the molecule is COc1cc(F)c(CC(F)(F)C(=O)O)cc1F. The van der Waals surface area contributed by atoms with Crippen LogP contribution in [0.3, 0.4) is 0 Å². The van der Waals surface area contributed by atoms with Crippen LogP contribution in [-0.4, -0.2) is 24.1 Å². The fourth-order valence-electron chi connectivity index (χ4n) is 1.18. The minimum atomic E-state index is -4.15. The Bertz CT molecular complexity index is 445. The number of alkyl halides is 2. The number of hydrogen-bond acceptors (Lipinski definition) is 2. The summed E-state index contributed by atoms with van der Waals surface area (Å²) in [5, 5.41) is 8.17. The zero-order valence-corrected chi connectivity index (χ0v) is 8.64. The molecule has 0 amide bonds. The van der Waals surface area contributed by atoms with E-state index in [-0.39, 0.29) is 0 Å². The van der Waals surface area contributed by atoms with E-state index in [0.717, 1.165) is 7.11 Å². The summed E-state index contributed by atoms with van der Waals surface area (Å²) in [6.45, 7) is 0. The summed E-state index contributed by atoms with van der Waals surface area (Å²) in [7, 11) is 1.09. The molecule has 0 aliphatic rings. The number of rotatable bonds is 4. The molecule has 0 aliphatic heterocycles. The second-order valence-corrected chi connectivity index (χ2v) is 3.26. The lowest BCUT2D eigenvalue weighted by molar-refractivity contribution is -0.164. The van der Waals surface area contributed by atoms with Crippen molar-refractivity contribution in [3.05, 3.63) is 29.3 Å². The Morgan fingerprint density at radius 2 is 1.94 bits per heavy atom. The molecule has 0 aromatic heterocycles. The fraction of sp³-hybridized carbons (Fsp3) is 0.300. The van der Waals surface area contributed by atoms with Crippen LogP contribution in [0, 0.1) is 11.6 Å². The highest BCUT2D eigenvalue weighted by molar-refractivity contribution is 5.75. The Labute approximate surface area is 93.6 Å². The number of benzene rings is 1. The lowest BCUT2D eigenvalue weighted by atomic mass is 10.1. The van der Waals surface area contributed by atoms with Gasteiger partial charge in [0.05, 0.1) is 13.5 Å². The van der Waals surface area contributed by atoms with E-state index in [0.29, 0.717) is 12.1 Å². The third-order valence-electron chi connectivity index (χ3n) is 2.05. The van der Waals surface area contributed by atoms with Crippen molar-refractivity contribution in [1.82, 2.24) is 0 Å². The molecule has 0 atom stereocenters. The lowest BCUT2D eigenvalue weighted by Crippen LogP contribution is -2.31. The summed E-state index contributed by atoms with van der Waals surface area (Å²) >= 11 is 0. The first-order valence-corrected chi connectivity index (χ1v) is 4.41. The van der Waals surface area contributed by atoms with Crippen LogP contribution in [-0.2, 0) is 11.2 Å². The number of methoxy groups -OCH3 is 1. The van der Waals surface area contributed by atoms with E-state index >= 15 is 0 Å². The van der Waals surface area contributed by atoms with Crippen LogP contribution in [0.1, 0.15) is 5.56 Å². The third-order valence-corrected chi connectivity index (χ3v) is 2.05. The fourth-order valence-corrected chi connectivity index (χ4v) is 1.18. The van der Waals surface area contributed by atoms with E-state index in [4.69, 9.17) is 5.11 Å². The Hall–Kier alpha value is -1.79. The minimum Gasteiger partial charge on any atom is -0.494 e. The highest BCUT2D eigenvalue weighted by Crippen LogP contribution is 2.26. The zero-order chi connectivity index (χ0) is 13.2. The van der Waals surface area contributed by atoms with E-state index in [1.807, 2.05) is 0 Å². The smallest absolute Gasteiger partial charge is 0.374 e. The van der Waals surface area contributed by atoms with Gasteiger partial charge in [-0.3, -0.25) is 0 Å². The van der Waals surface area contributed by atoms with Crippen LogP contribution in [0.15, 0.2) is 12.1 Å². The van der Waals surface area contributed by atoms with Crippen molar-refractivity contribution in [3.63, 3.8) is 0 Å². The van der Waals surface area contributed by atoms with Crippen LogP contribution in [0.5, 0.6) is 5.75 Å². The second kappa shape index (κ2) is 4.60. The molecule has 0 aliphatic carbocycles. The number of halogens is 4. The summed E-state index contributed by atoms with van der Waals surface area (Å²) in [5.41, 5.74) is -0.726. The van der Waals surface area contributed by atoms with Crippen molar-refractivity contribution < 1.29 is 32.2 Å². The van der Waals surface area contributed by atoms with Crippen molar-refractivity contribution in [1.29, 1.82) is 0 Å². The van der Waals surface area contributed by atoms with Crippen LogP contribution in [0.25, 0.3) is 0 Å². The summed E-state index contributed by atoms with van der Waals surface area (Å²) in [5.74, 6) is -9.17. The summed E-state index contributed by atoms with van der Waals surface area (Å²) in [6.07, 6.45) is -1.42. The molecule has 7 heteroatoms. The molecule has 1 N–H and O–H groups in total. The first-order chi connectivity index (χ1) is 7.77. The van der Waals surface area contributed by atoms with Gasteiger partial charge in [0.25, 0.3) is 0 Å². The third kappa shape index (κ3) is 2.86. The maximum Gasteiger partial charge on any atom is 0.374 e. The number of ether oxygens (including phenoxy) is 1. The Morgan fingerprint density at radius 3 is 2.41 bits per heavy atom. The number of hydrogen-bond donors (Lipinski definition) is 1. The number of carbonyl (C=O) groups is 1. The van der Waals surface area contributed by atoms with E-state index in [1.165, 1.54) is 0 Å². The second-order valence-electron chi connectivity index (χ2n) is 3.26. The predicted molar refractivity (Wildman–Crippen MR) is 49.2 cm³/mol. The Morgan fingerprint density at radius 1 is 1.35 bits per heavy atom. The number of carboxylic acid groups (broad SMARTS) is 1. The van der Waals surface area contributed by atoms with E-state index in [1.54, 1.807) is 0 Å². The highest BCUT2D eigenvalue weighted by Gasteiger charge is 2.39. The first kappa shape index (κ1) is 13.3. The van der Waals surface area contributed by atoms with Gasteiger partial charge in [0.15, 0.2) is 11.6 Å². The molecule has 0 saturated heterocycles. The standard InChI is InChI=1S/C10H8F4O3/c1-17-8-3-6(11)5(2-7(8)12)4-10(13,14)9(15)16/h2-3H,4H2,1H3,(H,15,16). The van der Waals surface area contributed by atoms with Crippen molar-refractivity contribution in [3.8, 4) is 5.75 Å². The van der Waals surface area contributed by atoms with Crippen LogP contribution in [0.2, 0.25) is 0 Å². The average Bonchev–Trinajstić information content (AvgIpc) is 2.22. The summed E-state index contributed by atoms with van der Waals surface area (Å²) < 4.78 is 56.4. The van der Waals surface area contributed by atoms with Gasteiger partial charge in [0.2, 0.25) is 0 Å². The van der Waals surface area contributed by atoms with Crippen molar-refractivity contribution in [2.75, 3.05) is 7.11 Å². The largest absolute Gasteiger partial charge is 0.494 e. The molecule has 0 unspecified atom stereocenters. The zero-order valence-electron chi connectivity index (χ0n) is 8.64.